The van der Waals surface area contributed by atoms with Crippen LogP contribution in [0.4, 0.5) is 5.69 Å². The van der Waals surface area contributed by atoms with Gasteiger partial charge in [-0.2, -0.15) is 0 Å². The Hall–Kier alpha value is -2.15. The number of benzene rings is 2. The van der Waals surface area contributed by atoms with Crippen LogP contribution in [0.1, 0.15) is 10.4 Å². The highest BCUT2D eigenvalue weighted by molar-refractivity contribution is 6.44. The predicted octanol–water partition coefficient (Wildman–Crippen LogP) is 3.85. The summed E-state index contributed by atoms with van der Waals surface area (Å²) in [5, 5.41) is 21.7. The maximum atomic E-state index is 11.8. The average molecular weight is 391 g/mol. The maximum absolute atomic E-state index is 11.8. The number of aromatic hydroxyl groups is 2. The molecule has 2 aromatic carbocycles. The zero-order valence-corrected chi connectivity index (χ0v) is 14.1. The van der Waals surface area contributed by atoms with Crippen molar-refractivity contribution in [3.05, 3.63) is 51.0 Å². The second-order valence-corrected chi connectivity index (χ2v) is 5.79. The van der Waals surface area contributed by atoms with Crippen molar-refractivity contribution in [1.29, 1.82) is 0 Å². The van der Waals surface area contributed by atoms with Crippen molar-refractivity contribution >= 4 is 52.4 Å². The molecule has 0 aliphatic rings. The lowest BCUT2D eigenvalue weighted by Gasteiger charge is -2.10. The second-order valence-electron chi connectivity index (χ2n) is 4.57. The third-order valence-electron chi connectivity index (χ3n) is 2.82. The highest BCUT2D eigenvalue weighted by atomic mass is 35.5. The molecule has 9 heteroatoms. The van der Waals surface area contributed by atoms with Gasteiger partial charge in [0.05, 0.1) is 20.8 Å². The molecule has 0 saturated heterocycles. The molecule has 126 valence electrons. The second kappa shape index (κ2) is 7.61. The first kappa shape index (κ1) is 18.2. The zero-order chi connectivity index (χ0) is 17.9. The summed E-state index contributed by atoms with van der Waals surface area (Å²) in [4.78, 5) is 23.6. The van der Waals surface area contributed by atoms with Gasteiger partial charge in [0.15, 0.2) is 6.61 Å². The summed E-state index contributed by atoms with van der Waals surface area (Å²) in [5.74, 6) is -2.27. The predicted molar refractivity (Wildman–Crippen MR) is 90.2 cm³/mol. The van der Waals surface area contributed by atoms with E-state index in [2.05, 4.69) is 5.32 Å². The van der Waals surface area contributed by atoms with Crippen molar-refractivity contribution in [3.63, 3.8) is 0 Å². The van der Waals surface area contributed by atoms with Crippen LogP contribution in [-0.4, -0.2) is 28.7 Å². The van der Waals surface area contributed by atoms with Gasteiger partial charge >= 0.3 is 5.97 Å². The number of phenols is 2. The van der Waals surface area contributed by atoms with E-state index in [-0.39, 0.29) is 32.1 Å². The van der Waals surface area contributed by atoms with E-state index in [4.69, 9.17) is 44.6 Å². The number of nitrogens with one attached hydrogen (secondary N) is 1. The van der Waals surface area contributed by atoms with Crippen LogP contribution >= 0.6 is 34.8 Å². The smallest absolute Gasteiger partial charge is 0.342 e. The van der Waals surface area contributed by atoms with Crippen molar-refractivity contribution in [1.82, 2.24) is 0 Å². The first-order valence-electron chi connectivity index (χ1n) is 6.41. The van der Waals surface area contributed by atoms with E-state index in [0.717, 1.165) is 6.07 Å². The maximum Gasteiger partial charge on any atom is 0.342 e. The van der Waals surface area contributed by atoms with E-state index < -0.39 is 24.2 Å². The van der Waals surface area contributed by atoms with Crippen molar-refractivity contribution < 1.29 is 24.5 Å². The normalized spacial score (nSPS) is 10.3. The molecule has 0 bridgehead atoms. The molecule has 1 amide bonds. The van der Waals surface area contributed by atoms with Gasteiger partial charge < -0.3 is 20.3 Å². The highest BCUT2D eigenvalue weighted by Gasteiger charge is 2.16. The highest BCUT2D eigenvalue weighted by Crippen LogP contribution is 2.32. The number of ether oxygens (including phenoxy) is 1. The summed E-state index contributed by atoms with van der Waals surface area (Å²) in [5.41, 5.74) is 0.0211. The van der Waals surface area contributed by atoms with Crippen molar-refractivity contribution in [3.8, 4) is 11.5 Å². The minimum atomic E-state index is -0.928. The number of amides is 1. The number of phenolic OH excluding ortho intramolecular Hbond substituents is 2. The van der Waals surface area contributed by atoms with E-state index in [1.165, 1.54) is 24.3 Å². The van der Waals surface area contributed by atoms with Gasteiger partial charge in [0.1, 0.15) is 17.1 Å². The number of esters is 1. The molecule has 0 aliphatic carbocycles. The molecule has 2 aromatic rings. The van der Waals surface area contributed by atoms with Gasteiger partial charge in [-0.15, -0.1) is 0 Å². The summed E-state index contributed by atoms with van der Waals surface area (Å²) in [6.45, 7) is -0.615. The Bertz CT molecular complexity index is 810. The average Bonchev–Trinajstić information content (AvgIpc) is 2.50. The molecule has 0 atom stereocenters. The van der Waals surface area contributed by atoms with Crippen LogP contribution in [0.25, 0.3) is 0 Å². The van der Waals surface area contributed by atoms with Crippen LogP contribution in [0, 0.1) is 0 Å². The minimum Gasteiger partial charge on any atom is -0.508 e. The molecule has 0 spiro atoms. The third kappa shape index (κ3) is 4.44. The van der Waals surface area contributed by atoms with E-state index in [1.807, 2.05) is 0 Å². The molecule has 0 aliphatic heterocycles. The first-order chi connectivity index (χ1) is 11.3. The Morgan fingerprint density at radius 1 is 1.00 bits per heavy atom. The fourth-order valence-electron chi connectivity index (χ4n) is 1.71. The lowest BCUT2D eigenvalue weighted by molar-refractivity contribution is -0.119. The molecule has 2 rings (SSSR count). The summed E-state index contributed by atoms with van der Waals surface area (Å²) >= 11 is 17.5. The summed E-state index contributed by atoms with van der Waals surface area (Å²) in [6, 6.07) is 6.07. The molecule has 3 N–H and O–H groups in total. The molecular weight excluding hydrogens is 381 g/mol. The molecule has 0 unspecified atom stereocenters. The van der Waals surface area contributed by atoms with Crippen LogP contribution in [0.5, 0.6) is 11.5 Å². The van der Waals surface area contributed by atoms with Gasteiger partial charge in [-0.3, -0.25) is 4.79 Å². The fraction of sp³-hybridized carbons (Fsp3) is 0.0667. The molecule has 0 saturated carbocycles. The van der Waals surface area contributed by atoms with E-state index in [0.29, 0.717) is 0 Å². The van der Waals surface area contributed by atoms with Gasteiger partial charge in [0.2, 0.25) is 0 Å². The van der Waals surface area contributed by atoms with Crippen LogP contribution < -0.4 is 5.32 Å². The van der Waals surface area contributed by atoms with Crippen LogP contribution in [0.15, 0.2) is 30.3 Å². The largest absolute Gasteiger partial charge is 0.508 e. The lowest BCUT2D eigenvalue weighted by atomic mass is 10.2. The monoisotopic (exact) mass is 389 g/mol. The molecule has 0 aromatic heterocycles. The number of hydrogen-bond donors (Lipinski definition) is 3. The number of halogens is 3. The Labute approximate surface area is 151 Å². The van der Waals surface area contributed by atoms with Gasteiger partial charge in [-0.25, -0.2) is 4.79 Å². The van der Waals surface area contributed by atoms with Crippen LogP contribution in [0.2, 0.25) is 15.1 Å². The standard InChI is InChI=1S/C15H10Cl3NO5/c16-9-4-11(18)12(5-10(9)17)19-14(22)6-24-15(23)8-2-1-7(20)3-13(8)21/h1-5,20-21H,6H2,(H,19,22). The van der Waals surface area contributed by atoms with E-state index in [9.17, 15) is 14.7 Å². The Morgan fingerprint density at radius 3 is 2.33 bits per heavy atom. The number of carbonyl (C=O) groups excluding carboxylic acids is 2. The molecule has 0 heterocycles. The Morgan fingerprint density at radius 2 is 1.67 bits per heavy atom. The Kier molecular flexibility index (Phi) is 5.77. The SMILES string of the molecule is O=C(COC(=O)c1ccc(O)cc1O)Nc1cc(Cl)c(Cl)cc1Cl. The summed E-state index contributed by atoms with van der Waals surface area (Å²) in [7, 11) is 0. The molecular formula is C15H10Cl3NO5. The van der Waals surface area contributed by atoms with Gasteiger partial charge in [-0.05, 0) is 24.3 Å². The van der Waals surface area contributed by atoms with E-state index in [1.54, 1.807) is 0 Å². The Balaban J connectivity index is 1.98. The minimum absolute atomic E-state index is 0.167. The number of hydrogen-bond acceptors (Lipinski definition) is 5. The number of carbonyl (C=O) groups is 2. The van der Waals surface area contributed by atoms with Crippen molar-refractivity contribution in [2.24, 2.45) is 0 Å². The zero-order valence-electron chi connectivity index (χ0n) is 11.8. The quantitative estimate of drug-likeness (QED) is 0.544. The van der Waals surface area contributed by atoms with E-state index >= 15 is 0 Å². The molecule has 24 heavy (non-hydrogen) atoms. The van der Waals surface area contributed by atoms with Crippen molar-refractivity contribution in [2.45, 2.75) is 0 Å². The van der Waals surface area contributed by atoms with Gasteiger partial charge in [-0.1, -0.05) is 34.8 Å². The topological polar surface area (TPSA) is 95.9 Å². The fourth-order valence-corrected chi connectivity index (χ4v) is 2.30. The van der Waals surface area contributed by atoms with Gasteiger partial charge in [0, 0.05) is 6.07 Å². The molecule has 0 fully saturated rings. The molecule has 6 nitrogen and oxygen atoms in total. The number of anilines is 1. The molecule has 0 radical (unpaired) electrons. The van der Waals surface area contributed by atoms with Crippen LogP contribution in [0.3, 0.4) is 0 Å². The summed E-state index contributed by atoms with van der Waals surface area (Å²) in [6.07, 6.45) is 0. The lowest BCUT2D eigenvalue weighted by Crippen LogP contribution is -2.21. The first-order valence-corrected chi connectivity index (χ1v) is 7.55. The van der Waals surface area contributed by atoms with Crippen molar-refractivity contribution in [2.75, 3.05) is 11.9 Å². The van der Waals surface area contributed by atoms with Gasteiger partial charge in [0.25, 0.3) is 5.91 Å². The number of rotatable bonds is 4. The van der Waals surface area contributed by atoms with Crippen LogP contribution in [-0.2, 0) is 9.53 Å². The summed E-state index contributed by atoms with van der Waals surface area (Å²) < 4.78 is 4.78. The third-order valence-corrected chi connectivity index (χ3v) is 3.85.